The minimum atomic E-state index is 0.104. The lowest BCUT2D eigenvalue weighted by molar-refractivity contribution is 0.169. The van der Waals surface area contributed by atoms with Gasteiger partial charge < -0.3 is 14.7 Å². The van der Waals surface area contributed by atoms with Crippen molar-refractivity contribution in [1.82, 2.24) is 20.4 Å². The summed E-state index contributed by atoms with van der Waals surface area (Å²) >= 11 is 0. The first kappa shape index (κ1) is 16.3. The van der Waals surface area contributed by atoms with Crippen LogP contribution in [0.4, 0.5) is 4.79 Å². The lowest BCUT2D eigenvalue weighted by Gasteiger charge is -2.32. The molecule has 23 heavy (non-hydrogen) atoms. The molecule has 1 saturated carbocycles. The van der Waals surface area contributed by atoms with Crippen molar-refractivity contribution in [2.45, 2.75) is 76.7 Å². The van der Waals surface area contributed by atoms with Crippen molar-refractivity contribution in [3.63, 3.8) is 0 Å². The Labute approximate surface area is 138 Å². The summed E-state index contributed by atoms with van der Waals surface area (Å²) in [5.41, 5.74) is 0. The molecule has 0 bridgehead atoms. The molecule has 3 rings (SSSR count). The fraction of sp³-hybridized carbons (Fsp3) is 0.824. The van der Waals surface area contributed by atoms with Crippen molar-refractivity contribution in [2.75, 3.05) is 13.1 Å². The summed E-state index contributed by atoms with van der Waals surface area (Å²) < 4.78 is 5.39. The van der Waals surface area contributed by atoms with E-state index in [1.807, 2.05) is 4.90 Å². The van der Waals surface area contributed by atoms with Gasteiger partial charge in [0.1, 0.15) is 0 Å². The van der Waals surface area contributed by atoms with Gasteiger partial charge in [0, 0.05) is 31.5 Å². The monoisotopic (exact) mass is 320 g/mol. The molecule has 1 aromatic rings. The predicted octanol–water partition coefficient (Wildman–Crippen LogP) is 3.24. The molecule has 0 radical (unpaired) electrons. The largest absolute Gasteiger partial charge is 0.339 e. The number of piperidine rings is 1. The normalized spacial score (nSPS) is 20.7. The molecule has 1 saturated heterocycles. The lowest BCUT2D eigenvalue weighted by atomic mass is 9.95. The Bertz CT molecular complexity index is 502. The number of hydrogen-bond acceptors (Lipinski definition) is 4. The molecule has 2 amide bonds. The summed E-state index contributed by atoms with van der Waals surface area (Å²) in [5.74, 6) is 1.85. The predicted molar refractivity (Wildman–Crippen MR) is 87.2 cm³/mol. The molecule has 6 nitrogen and oxygen atoms in total. The summed E-state index contributed by atoms with van der Waals surface area (Å²) in [7, 11) is 0. The summed E-state index contributed by atoms with van der Waals surface area (Å²) in [6.07, 6.45) is 9.76. The quantitative estimate of drug-likeness (QED) is 0.924. The number of urea groups is 1. The van der Waals surface area contributed by atoms with E-state index < -0.39 is 0 Å². The number of nitrogens with zero attached hydrogens (tertiary/aromatic N) is 3. The molecule has 2 fully saturated rings. The van der Waals surface area contributed by atoms with Crippen LogP contribution in [0.2, 0.25) is 0 Å². The molecule has 0 aromatic carbocycles. The van der Waals surface area contributed by atoms with Gasteiger partial charge in [0.05, 0.1) is 0 Å². The maximum Gasteiger partial charge on any atom is 0.317 e. The SMILES string of the molecule is CCCc1noc(C2CCN(C(=O)NC3CCCCC3)CC2)n1. The fourth-order valence-electron chi connectivity index (χ4n) is 3.60. The van der Waals surface area contributed by atoms with E-state index in [1.54, 1.807) is 0 Å². The Balaban J connectivity index is 1.46. The van der Waals surface area contributed by atoms with E-state index in [-0.39, 0.29) is 6.03 Å². The van der Waals surface area contributed by atoms with Crippen LogP contribution in [0, 0.1) is 0 Å². The van der Waals surface area contributed by atoms with Crippen LogP contribution in [0.3, 0.4) is 0 Å². The van der Waals surface area contributed by atoms with E-state index >= 15 is 0 Å². The molecule has 0 atom stereocenters. The van der Waals surface area contributed by atoms with Crippen LogP contribution in [0.25, 0.3) is 0 Å². The third-order valence-corrected chi connectivity index (χ3v) is 5.02. The third-order valence-electron chi connectivity index (χ3n) is 5.02. The molecule has 6 heteroatoms. The second-order valence-corrected chi connectivity index (χ2v) is 6.84. The van der Waals surface area contributed by atoms with Crippen LogP contribution in [0.5, 0.6) is 0 Å². The van der Waals surface area contributed by atoms with E-state index in [9.17, 15) is 4.79 Å². The first-order chi connectivity index (χ1) is 11.3. The number of hydrogen-bond donors (Lipinski definition) is 1. The molecule has 1 aliphatic carbocycles. The Kier molecular flexibility index (Phi) is 5.51. The molecule has 1 aliphatic heterocycles. The molecule has 128 valence electrons. The fourth-order valence-corrected chi connectivity index (χ4v) is 3.60. The van der Waals surface area contributed by atoms with Crippen LogP contribution < -0.4 is 5.32 Å². The van der Waals surface area contributed by atoms with Crippen LogP contribution in [-0.2, 0) is 6.42 Å². The molecule has 1 aromatic heterocycles. The molecule has 2 heterocycles. The van der Waals surface area contributed by atoms with Crippen molar-refractivity contribution in [3.05, 3.63) is 11.7 Å². The van der Waals surface area contributed by atoms with Gasteiger partial charge in [-0.3, -0.25) is 0 Å². The highest BCUT2D eigenvalue weighted by molar-refractivity contribution is 5.74. The van der Waals surface area contributed by atoms with Crippen molar-refractivity contribution in [3.8, 4) is 0 Å². The minimum Gasteiger partial charge on any atom is -0.339 e. The number of carbonyl (C=O) groups excluding carboxylic acids is 1. The topological polar surface area (TPSA) is 71.3 Å². The van der Waals surface area contributed by atoms with E-state index in [0.29, 0.717) is 12.0 Å². The highest BCUT2D eigenvalue weighted by atomic mass is 16.5. The van der Waals surface area contributed by atoms with Crippen molar-refractivity contribution in [2.24, 2.45) is 0 Å². The van der Waals surface area contributed by atoms with Crippen molar-refractivity contribution >= 4 is 6.03 Å². The molecule has 0 spiro atoms. The first-order valence-corrected chi connectivity index (χ1v) is 9.14. The zero-order chi connectivity index (χ0) is 16.1. The molecular formula is C17H28N4O2. The number of aromatic nitrogens is 2. The molecule has 1 N–H and O–H groups in total. The summed E-state index contributed by atoms with van der Waals surface area (Å²) in [5, 5.41) is 7.23. The maximum atomic E-state index is 12.4. The van der Waals surface area contributed by atoms with Gasteiger partial charge in [-0.1, -0.05) is 31.3 Å². The van der Waals surface area contributed by atoms with E-state index in [2.05, 4.69) is 22.4 Å². The number of carbonyl (C=O) groups is 1. The Morgan fingerprint density at radius 1 is 1.22 bits per heavy atom. The Morgan fingerprint density at radius 2 is 1.96 bits per heavy atom. The molecular weight excluding hydrogens is 292 g/mol. The van der Waals surface area contributed by atoms with Gasteiger partial charge in [0.2, 0.25) is 5.89 Å². The Morgan fingerprint density at radius 3 is 2.65 bits per heavy atom. The maximum absolute atomic E-state index is 12.4. The van der Waals surface area contributed by atoms with Gasteiger partial charge >= 0.3 is 6.03 Å². The number of amides is 2. The van der Waals surface area contributed by atoms with Gasteiger partial charge in [0.25, 0.3) is 0 Å². The minimum absolute atomic E-state index is 0.104. The van der Waals surface area contributed by atoms with Crippen LogP contribution in [0.15, 0.2) is 4.52 Å². The average molecular weight is 320 g/mol. The van der Waals surface area contributed by atoms with Crippen molar-refractivity contribution < 1.29 is 9.32 Å². The standard InChI is InChI=1S/C17H28N4O2/c1-2-6-15-19-16(23-20-15)13-9-11-21(12-10-13)17(22)18-14-7-4-3-5-8-14/h13-14H,2-12H2,1H3,(H,18,22). The Hall–Kier alpha value is -1.59. The first-order valence-electron chi connectivity index (χ1n) is 9.14. The zero-order valence-electron chi connectivity index (χ0n) is 14.1. The number of rotatable bonds is 4. The zero-order valence-corrected chi connectivity index (χ0v) is 14.1. The number of likely N-dealkylation sites (tertiary alicyclic amines) is 1. The van der Waals surface area contributed by atoms with Gasteiger partial charge in [-0.25, -0.2) is 4.79 Å². The number of aryl methyl sites for hydroxylation is 1. The van der Waals surface area contributed by atoms with Crippen LogP contribution in [-0.4, -0.2) is 40.2 Å². The van der Waals surface area contributed by atoms with E-state index in [4.69, 9.17) is 4.52 Å². The summed E-state index contributed by atoms with van der Waals surface area (Å²) in [6, 6.07) is 0.481. The molecule has 2 aliphatic rings. The lowest BCUT2D eigenvalue weighted by Crippen LogP contribution is -2.48. The number of nitrogens with one attached hydrogen (secondary N) is 1. The van der Waals surface area contributed by atoms with Gasteiger partial charge in [-0.2, -0.15) is 4.98 Å². The smallest absolute Gasteiger partial charge is 0.317 e. The summed E-state index contributed by atoms with van der Waals surface area (Å²) in [4.78, 5) is 18.8. The molecule has 0 unspecified atom stereocenters. The second kappa shape index (κ2) is 7.79. The average Bonchev–Trinajstić information content (AvgIpc) is 3.05. The van der Waals surface area contributed by atoms with Gasteiger partial charge in [0.15, 0.2) is 5.82 Å². The van der Waals surface area contributed by atoms with E-state index in [1.165, 1.54) is 19.3 Å². The van der Waals surface area contributed by atoms with Crippen molar-refractivity contribution in [1.29, 1.82) is 0 Å². The van der Waals surface area contributed by atoms with Crippen LogP contribution >= 0.6 is 0 Å². The highest BCUT2D eigenvalue weighted by Gasteiger charge is 2.28. The second-order valence-electron chi connectivity index (χ2n) is 6.84. The van der Waals surface area contributed by atoms with Crippen LogP contribution in [0.1, 0.15) is 75.9 Å². The third kappa shape index (κ3) is 4.24. The van der Waals surface area contributed by atoms with Gasteiger partial charge in [-0.15, -0.1) is 0 Å². The van der Waals surface area contributed by atoms with E-state index in [0.717, 1.165) is 63.3 Å². The van der Waals surface area contributed by atoms with Gasteiger partial charge in [-0.05, 0) is 32.1 Å². The highest BCUT2D eigenvalue weighted by Crippen LogP contribution is 2.27. The summed E-state index contributed by atoms with van der Waals surface area (Å²) in [6.45, 7) is 3.66.